The Morgan fingerprint density at radius 1 is 0.912 bits per heavy atom. The third kappa shape index (κ3) is 10.4. The number of ether oxygens (including phenoxy) is 2. The summed E-state index contributed by atoms with van der Waals surface area (Å²) in [5, 5.41) is 0. The number of amides is 1. The van der Waals surface area contributed by atoms with E-state index in [-0.39, 0.29) is 12.2 Å². The molecular weight excluding hydrogens is 529 g/mol. The second kappa shape index (κ2) is 14.6. The standard InChI is InChI=1S/C16H22NO3.C13H27.Sn/c1-16(2,3)20-15(18)17-11-9-14(10-12-17)19-13-7-5-4-6-8-13;1-4-7-10-13(11-8-5-2)12-9-6-3;/h5-8,14H,9-12H2,1-3H3;4-12H2,1-3H3;. The molecule has 2 radical (unpaired) electrons. The van der Waals surface area contributed by atoms with E-state index in [1.54, 1.807) is 3.58 Å². The van der Waals surface area contributed by atoms with E-state index in [1.807, 2.05) is 25.7 Å². The molecule has 1 aromatic carbocycles. The number of carbonyl (C=O) groups is 1. The molecule has 1 heterocycles. The van der Waals surface area contributed by atoms with Crippen molar-refractivity contribution in [1.82, 2.24) is 4.90 Å². The van der Waals surface area contributed by atoms with Crippen molar-refractivity contribution in [2.24, 2.45) is 0 Å². The van der Waals surface area contributed by atoms with Crippen LogP contribution in [0.15, 0.2) is 24.3 Å². The van der Waals surface area contributed by atoms with Crippen LogP contribution in [0.1, 0.15) is 112 Å². The van der Waals surface area contributed by atoms with E-state index < -0.39 is 26.7 Å². The van der Waals surface area contributed by atoms with E-state index in [4.69, 9.17) is 9.47 Å². The van der Waals surface area contributed by atoms with Crippen molar-refractivity contribution in [2.75, 3.05) is 13.1 Å². The number of piperidine rings is 1. The molecule has 0 N–H and O–H groups in total. The van der Waals surface area contributed by atoms with Crippen LogP contribution in [0.2, 0.25) is 3.43 Å². The molecule has 0 aliphatic carbocycles. The summed E-state index contributed by atoms with van der Waals surface area (Å²) in [6.07, 6.45) is 14.0. The number of hydrogen-bond acceptors (Lipinski definition) is 3. The van der Waals surface area contributed by atoms with Gasteiger partial charge < -0.3 is 0 Å². The topological polar surface area (TPSA) is 38.8 Å². The van der Waals surface area contributed by atoms with Crippen LogP contribution in [0, 0.1) is 0 Å². The Morgan fingerprint density at radius 2 is 1.41 bits per heavy atom. The van der Waals surface area contributed by atoms with Crippen LogP contribution in [0.25, 0.3) is 0 Å². The maximum atomic E-state index is 12.3. The molecule has 0 aromatic heterocycles. The quantitative estimate of drug-likeness (QED) is 0.227. The summed E-state index contributed by atoms with van der Waals surface area (Å²) >= 11 is -0.701. The van der Waals surface area contributed by atoms with Crippen molar-refractivity contribution >= 4 is 30.8 Å². The van der Waals surface area contributed by atoms with Gasteiger partial charge in [0, 0.05) is 0 Å². The first-order chi connectivity index (χ1) is 16.2. The molecule has 5 heteroatoms. The molecule has 1 aromatic rings. The average molecular weight is 578 g/mol. The third-order valence-electron chi connectivity index (χ3n) is 6.69. The average Bonchev–Trinajstić information content (AvgIpc) is 2.80. The number of rotatable bonds is 13. The van der Waals surface area contributed by atoms with E-state index in [1.165, 1.54) is 57.8 Å². The SMILES string of the molecule is CCCC[C](CCCC)(CCCC)[Sn][c]1ccc(OC2CCN(C(=O)OC(C)(C)C)CC2)cc1. The van der Waals surface area contributed by atoms with Gasteiger partial charge in [0.1, 0.15) is 0 Å². The predicted octanol–water partition coefficient (Wildman–Crippen LogP) is 7.52. The van der Waals surface area contributed by atoms with Gasteiger partial charge in [-0.25, -0.2) is 0 Å². The van der Waals surface area contributed by atoms with Gasteiger partial charge >= 0.3 is 200 Å². The first-order valence-electron chi connectivity index (χ1n) is 13.7. The summed E-state index contributed by atoms with van der Waals surface area (Å²) in [5.41, 5.74) is -0.447. The van der Waals surface area contributed by atoms with Crippen LogP contribution in [0.3, 0.4) is 0 Å². The van der Waals surface area contributed by atoms with Gasteiger partial charge in [-0.15, -0.1) is 0 Å². The predicted molar refractivity (Wildman–Crippen MR) is 145 cm³/mol. The van der Waals surface area contributed by atoms with Gasteiger partial charge in [0.25, 0.3) is 0 Å². The number of benzene rings is 1. The fourth-order valence-electron chi connectivity index (χ4n) is 4.71. The molecule has 1 aliphatic rings. The van der Waals surface area contributed by atoms with Crippen molar-refractivity contribution in [3.63, 3.8) is 0 Å². The monoisotopic (exact) mass is 579 g/mol. The fraction of sp³-hybridized carbons (Fsp3) is 0.759. The molecule has 1 aliphatic heterocycles. The maximum absolute atomic E-state index is 12.3. The number of carbonyl (C=O) groups excluding carboxylic acids is 1. The first-order valence-corrected chi connectivity index (χ1v) is 16.6. The Morgan fingerprint density at radius 3 is 1.85 bits per heavy atom. The summed E-state index contributed by atoms with van der Waals surface area (Å²) in [5.74, 6) is 0.972. The Labute approximate surface area is 219 Å². The second-order valence-electron chi connectivity index (χ2n) is 11.0. The summed E-state index contributed by atoms with van der Waals surface area (Å²) in [6.45, 7) is 14.1. The minimum atomic E-state index is -0.701. The van der Waals surface area contributed by atoms with Crippen LogP contribution >= 0.6 is 0 Å². The van der Waals surface area contributed by atoms with Gasteiger partial charge in [-0.2, -0.15) is 0 Å². The molecule has 34 heavy (non-hydrogen) atoms. The molecule has 192 valence electrons. The van der Waals surface area contributed by atoms with Gasteiger partial charge in [0.2, 0.25) is 0 Å². The fourth-order valence-corrected chi connectivity index (χ4v) is 9.99. The molecule has 0 spiro atoms. The Balaban J connectivity index is 1.93. The molecule has 1 amide bonds. The van der Waals surface area contributed by atoms with E-state index in [2.05, 4.69) is 45.0 Å². The van der Waals surface area contributed by atoms with Crippen LogP contribution in [0.4, 0.5) is 4.79 Å². The van der Waals surface area contributed by atoms with E-state index in [0.717, 1.165) is 18.6 Å². The molecule has 1 saturated heterocycles. The molecule has 4 nitrogen and oxygen atoms in total. The molecule has 2 rings (SSSR count). The third-order valence-corrected chi connectivity index (χ3v) is 12.1. The van der Waals surface area contributed by atoms with E-state index in [0.29, 0.717) is 16.5 Å². The zero-order valence-corrected chi connectivity index (χ0v) is 25.6. The van der Waals surface area contributed by atoms with E-state index >= 15 is 0 Å². The summed E-state index contributed by atoms with van der Waals surface area (Å²) in [4.78, 5) is 14.1. The summed E-state index contributed by atoms with van der Waals surface area (Å²) in [7, 11) is 0. The number of hydrogen-bond donors (Lipinski definition) is 0. The number of likely N-dealkylation sites (tertiary alicyclic amines) is 1. The molecule has 1 fully saturated rings. The van der Waals surface area contributed by atoms with Gasteiger partial charge in [-0.05, 0) is 20.8 Å². The van der Waals surface area contributed by atoms with Crippen molar-refractivity contribution in [1.29, 1.82) is 0 Å². The van der Waals surface area contributed by atoms with Gasteiger partial charge in [0.15, 0.2) is 0 Å². The Bertz CT molecular complexity index is 683. The molecule has 0 atom stereocenters. The summed E-state index contributed by atoms with van der Waals surface area (Å²) < 4.78 is 14.0. The number of nitrogens with zero attached hydrogens (tertiary/aromatic N) is 1. The molecule has 0 unspecified atom stereocenters. The minimum absolute atomic E-state index is 0.169. The van der Waals surface area contributed by atoms with Crippen LogP contribution < -0.4 is 8.32 Å². The van der Waals surface area contributed by atoms with Crippen LogP contribution in [-0.2, 0) is 4.74 Å². The zero-order valence-electron chi connectivity index (χ0n) is 22.8. The van der Waals surface area contributed by atoms with Gasteiger partial charge in [0.05, 0.1) is 0 Å². The Hall–Kier alpha value is -0.911. The van der Waals surface area contributed by atoms with Gasteiger partial charge in [-0.3, -0.25) is 0 Å². The Kier molecular flexibility index (Phi) is 12.6. The van der Waals surface area contributed by atoms with Crippen molar-refractivity contribution < 1.29 is 14.3 Å². The van der Waals surface area contributed by atoms with Crippen LogP contribution in [-0.4, -0.2) is 56.9 Å². The first kappa shape index (κ1) is 29.3. The molecule has 0 bridgehead atoms. The molecular formula is C29H49NO3Sn. The number of unbranched alkanes of at least 4 members (excludes halogenated alkanes) is 3. The summed E-state index contributed by atoms with van der Waals surface area (Å²) in [6, 6.07) is 9.10. The van der Waals surface area contributed by atoms with Crippen molar-refractivity contribution in [2.45, 2.75) is 127 Å². The zero-order chi connectivity index (χ0) is 25.0. The van der Waals surface area contributed by atoms with Crippen molar-refractivity contribution in [3.05, 3.63) is 24.3 Å². The van der Waals surface area contributed by atoms with E-state index in [9.17, 15) is 4.79 Å². The molecule has 0 saturated carbocycles. The van der Waals surface area contributed by atoms with Crippen LogP contribution in [0.5, 0.6) is 5.75 Å². The van der Waals surface area contributed by atoms with Gasteiger partial charge in [-0.1, -0.05) is 0 Å². The second-order valence-corrected chi connectivity index (χ2v) is 16.4. The van der Waals surface area contributed by atoms with Crippen molar-refractivity contribution in [3.8, 4) is 5.75 Å². The normalized spacial score (nSPS) is 15.4.